The molecule has 5 heteroatoms. The monoisotopic (exact) mass is 289 g/mol. The molecular formula is C16H23N3O2. The van der Waals surface area contributed by atoms with Crippen LogP contribution in [0.3, 0.4) is 0 Å². The fourth-order valence-electron chi connectivity index (χ4n) is 3.04. The minimum absolute atomic E-state index is 0.107. The van der Waals surface area contributed by atoms with E-state index in [1.54, 1.807) is 12.1 Å². The van der Waals surface area contributed by atoms with Crippen LogP contribution < -0.4 is 10.9 Å². The van der Waals surface area contributed by atoms with Crippen molar-refractivity contribution < 1.29 is 4.79 Å². The van der Waals surface area contributed by atoms with Gasteiger partial charge in [-0.3, -0.25) is 9.59 Å². The Morgan fingerprint density at radius 1 is 1.33 bits per heavy atom. The van der Waals surface area contributed by atoms with Crippen molar-refractivity contribution in [2.75, 3.05) is 19.6 Å². The van der Waals surface area contributed by atoms with Gasteiger partial charge in [0.15, 0.2) is 0 Å². The molecule has 0 bridgehead atoms. The number of hydrogen-bond acceptors (Lipinski definition) is 3. The summed E-state index contributed by atoms with van der Waals surface area (Å²) in [5.41, 5.74) is 0.787. The number of amides is 1. The van der Waals surface area contributed by atoms with Gasteiger partial charge in [0.25, 0.3) is 11.5 Å². The second-order valence-electron chi connectivity index (χ2n) is 6.29. The lowest BCUT2D eigenvalue weighted by molar-refractivity contribution is 0.0702. The summed E-state index contributed by atoms with van der Waals surface area (Å²) < 4.78 is 0. The van der Waals surface area contributed by atoms with Crippen LogP contribution >= 0.6 is 0 Å². The lowest BCUT2D eigenvalue weighted by atomic mass is 9.98. The minimum atomic E-state index is -0.271. The summed E-state index contributed by atoms with van der Waals surface area (Å²) >= 11 is 0. The predicted molar refractivity (Wildman–Crippen MR) is 81.5 cm³/mol. The van der Waals surface area contributed by atoms with E-state index in [9.17, 15) is 9.59 Å². The Hall–Kier alpha value is -1.62. The molecule has 1 atom stereocenters. The van der Waals surface area contributed by atoms with Gasteiger partial charge < -0.3 is 15.2 Å². The summed E-state index contributed by atoms with van der Waals surface area (Å²) in [5, 5.41) is 3.39. The van der Waals surface area contributed by atoms with Crippen LogP contribution in [0, 0.1) is 12.8 Å². The van der Waals surface area contributed by atoms with E-state index in [0.29, 0.717) is 12.0 Å². The van der Waals surface area contributed by atoms with Crippen molar-refractivity contribution in [3.8, 4) is 0 Å². The van der Waals surface area contributed by atoms with Crippen LogP contribution in [-0.4, -0.2) is 41.5 Å². The van der Waals surface area contributed by atoms with Crippen molar-refractivity contribution in [2.45, 2.75) is 38.6 Å². The zero-order valence-corrected chi connectivity index (χ0v) is 12.5. The molecule has 2 fully saturated rings. The van der Waals surface area contributed by atoms with Crippen LogP contribution in [0.2, 0.25) is 0 Å². The molecule has 1 aromatic rings. The van der Waals surface area contributed by atoms with Gasteiger partial charge in [0.2, 0.25) is 0 Å². The maximum atomic E-state index is 12.7. The quantitative estimate of drug-likeness (QED) is 0.878. The third-order valence-electron chi connectivity index (χ3n) is 4.39. The molecule has 1 aliphatic carbocycles. The van der Waals surface area contributed by atoms with Crippen molar-refractivity contribution in [2.24, 2.45) is 5.92 Å². The van der Waals surface area contributed by atoms with Crippen molar-refractivity contribution in [3.05, 3.63) is 33.7 Å². The van der Waals surface area contributed by atoms with Gasteiger partial charge in [0, 0.05) is 18.3 Å². The van der Waals surface area contributed by atoms with Crippen molar-refractivity contribution in [1.82, 2.24) is 15.2 Å². The molecule has 1 unspecified atom stereocenters. The highest BCUT2D eigenvalue weighted by molar-refractivity contribution is 5.94. The van der Waals surface area contributed by atoms with E-state index in [0.717, 1.165) is 44.6 Å². The number of pyridine rings is 1. The minimum Gasteiger partial charge on any atom is -0.335 e. The molecule has 114 valence electrons. The zero-order valence-electron chi connectivity index (χ0n) is 12.5. The van der Waals surface area contributed by atoms with Crippen LogP contribution in [-0.2, 0) is 0 Å². The van der Waals surface area contributed by atoms with Crippen molar-refractivity contribution in [3.63, 3.8) is 0 Å². The number of aromatic amines is 1. The average molecular weight is 289 g/mol. The molecular weight excluding hydrogens is 266 g/mol. The van der Waals surface area contributed by atoms with E-state index in [1.165, 1.54) is 6.42 Å². The van der Waals surface area contributed by atoms with Crippen LogP contribution in [0.25, 0.3) is 0 Å². The lowest BCUT2D eigenvalue weighted by Crippen LogP contribution is -2.43. The van der Waals surface area contributed by atoms with E-state index >= 15 is 0 Å². The van der Waals surface area contributed by atoms with Gasteiger partial charge in [-0.1, -0.05) is 0 Å². The number of nitrogens with one attached hydrogen (secondary N) is 2. The molecule has 3 rings (SSSR count). The van der Waals surface area contributed by atoms with E-state index in [4.69, 9.17) is 0 Å². The van der Waals surface area contributed by atoms with Gasteiger partial charge in [-0.25, -0.2) is 0 Å². The third kappa shape index (κ3) is 3.35. The standard InChI is InChI=1S/C16H23N3O2/c1-11-4-7-14(15(20)18-11)16(21)19(13-5-6-13)10-12-3-2-8-17-9-12/h4,7,12-13,17H,2-3,5-6,8-10H2,1H3,(H,18,20). The molecule has 0 radical (unpaired) electrons. The number of nitrogens with zero attached hydrogens (tertiary/aromatic N) is 1. The van der Waals surface area contributed by atoms with Crippen LogP contribution in [0.15, 0.2) is 16.9 Å². The number of rotatable bonds is 4. The number of aromatic nitrogens is 1. The Labute approximate surface area is 124 Å². The molecule has 0 aromatic carbocycles. The maximum absolute atomic E-state index is 12.7. The molecule has 1 amide bonds. The van der Waals surface area contributed by atoms with Crippen molar-refractivity contribution >= 4 is 5.91 Å². The Bertz CT molecular complexity index is 571. The van der Waals surface area contributed by atoms with Gasteiger partial charge >= 0.3 is 0 Å². The normalized spacial score (nSPS) is 22.0. The molecule has 0 spiro atoms. The summed E-state index contributed by atoms with van der Waals surface area (Å²) in [6.07, 6.45) is 4.46. The highest BCUT2D eigenvalue weighted by Gasteiger charge is 2.35. The van der Waals surface area contributed by atoms with E-state index in [1.807, 2.05) is 11.8 Å². The largest absolute Gasteiger partial charge is 0.335 e. The number of carbonyl (C=O) groups is 1. The van der Waals surface area contributed by atoms with Crippen LogP contribution in [0.1, 0.15) is 41.7 Å². The SMILES string of the molecule is Cc1ccc(C(=O)N(CC2CCCNC2)C2CC2)c(=O)[nH]1. The van der Waals surface area contributed by atoms with E-state index in [2.05, 4.69) is 10.3 Å². The van der Waals surface area contributed by atoms with Crippen LogP contribution in [0.5, 0.6) is 0 Å². The smallest absolute Gasteiger partial charge is 0.260 e. The summed E-state index contributed by atoms with van der Waals surface area (Å²) in [6, 6.07) is 3.78. The third-order valence-corrected chi connectivity index (χ3v) is 4.39. The first kappa shape index (κ1) is 14.3. The van der Waals surface area contributed by atoms with Gasteiger partial charge in [-0.05, 0) is 63.7 Å². The van der Waals surface area contributed by atoms with Gasteiger partial charge in [0.05, 0.1) is 0 Å². The number of hydrogen-bond donors (Lipinski definition) is 2. The number of H-pyrrole nitrogens is 1. The van der Waals surface area contributed by atoms with Gasteiger partial charge in [-0.15, -0.1) is 0 Å². The van der Waals surface area contributed by atoms with E-state index in [-0.39, 0.29) is 17.0 Å². The summed E-state index contributed by atoms with van der Waals surface area (Å²) in [6.45, 7) is 4.64. The Balaban J connectivity index is 1.76. The predicted octanol–water partition coefficient (Wildman–Crippen LogP) is 1.29. The molecule has 1 saturated heterocycles. The average Bonchev–Trinajstić information content (AvgIpc) is 3.30. The summed E-state index contributed by atoms with van der Waals surface area (Å²) in [5.74, 6) is 0.400. The molecule has 2 aliphatic rings. The highest BCUT2D eigenvalue weighted by Crippen LogP contribution is 2.29. The van der Waals surface area contributed by atoms with Gasteiger partial charge in [-0.2, -0.15) is 0 Å². The van der Waals surface area contributed by atoms with Crippen molar-refractivity contribution in [1.29, 1.82) is 0 Å². The van der Waals surface area contributed by atoms with E-state index < -0.39 is 0 Å². The fraction of sp³-hybridized carbons (Fsp3) is 0.625. The number of aryl methyl sites for hydroxylation is 1. The van der Waals surface area contributed by atoms with Gasteiger partial charge in [0.1, 0.15) is 5.56 Å². The second-order valence-corrected chi connectivity index (χ2v) is 6.29. The zero-order chi connectivity index (χ0) is 14.8. The summed E-state index contributed by atoms with van der Waals surface area (Å²) in [4.78, 5) is 29.4. The molecule has 1 aliphatic heterocycles. The highest BCUT2D eigenvalue weighted by atomic mass is 16.2. The first-order valence-corrected chi connectivity index (χ1v) is 7.87. The number of piperidine rings is 1. The number of carbonyl (C=O) groups excluding carboxylic acids is 1. The molecule has 5 nitrogen and oxygen atoms in total. The molecule has 2 heterocycles. The Morgan fingerprint density at radius 3 is 2.76 bits per heavy atom. The summed E-state index contributed by atoms with van der Waals surface area (Å²) in [7, 11) is 0. The Morgan fingerprint density at radius 2 is 2.14 bits per heavy atom. The van der Waals surface area contributed by atoms with Crippen LogP contribution in [0.4, 0.5) is 0 Å². The lowest BCUT2D eigenvalue weighted by Gasteiger charge is -2.30. The fourth-order valence-corrected chi connectivity index (χ4v) is 3.04. The molecule has 1 saturated carbocycles. The second kappa shape index (κ2) is 6.02. The molecule has 2 N–H and O–H groups in total. The first-order chi connectivity index (χ1) is 10.1. The Kier molecular flexibility index (Phi) is 4.10. The molecule has 1 aromatic heterocycles. The molecule has 21 heavy (non-hydrogen) atoms. The maximum Gasteiger partial charge on any atom is 0.260 e. The topological polar surface area (TPSA) is 65.2 Å². The first-order valence-electron chi connectivity index (χ1n) is 7.87.